The van der Waals surface area contributed by atoms with E-state index in [1.165, 1.54) is 6.92 Å². The number of nitrogens with one attached hydrogen (secondary N) is 1. The summed E-state index contributed by atoms with van der Waals surface area (Å²) >= 11 is 0. The minimum absolute atomic E-state index is 0.0548. The Kier molecular flexibility index (Phi) is 5.73. The zero-order valence-electron chi connectivity index (χ0n) is 14.7. The van der Waals surface area contributed by atoms with E-state index in [-0.39, 0.29) is 11.7 Å². The fourth-order valence-electron chi connectivity index (χ4n) is 2.51. The number of aromatic nitrogens is 2. The van der Waals surface area contributed by atoms with E-state index in [0.717, 1.165) is 24.5 Å². The molecule has 2 heterocycles. The average molecular weight is 328 g/mol. The molecule has 0 aliphatic rings. The van der Waals surface area contributed by atoms with Gasteiger partial charge in [0.25, 0.3) is 5.91 Å². The normalized spacial score (nSPS) is 10.5. The molecule has 0 aliphatic heterocycles. The van der Waals surface area contributed by atoms with E-state index < -0.39 is 0 Å². The van der Waals surface area contributed by atoms with E-state index in [2.05, 4.69) is 29.0 Å². The van der Waals surface area contributed by atoms with Crippen LogP contribution in [0.4, 0.5) is 5.82 Å². The Labute approximate surface area is 142 Å². The molecule has 1 N–H and O–H groups in total. The third kappa shape index (κ3) is 4.01. The van der Waals surface area contributed by atoms with Gasteiger partial charge in [0.2, 0.25) is 0 Å². The minimum Gasteiger partial charge on any atom is -0.357 e. The molecule has 0 atom stereocenters. The van der Waals surface area contributed by atoms with Gasteiger partial charge in [0, 0.05) is 44.6 Å². The van der Waals surface area contributed by atoms with Crippen LogP contribution in [0.15, 0.2) is 30.6 Å². The Balaban J connectivity index is 2.00. The first-order valence-electron chi connectivity index (χ1n) is 8.11. The van der Waals surface area contributed by atoms with Crippen LogP contribution in [0.25, 0.3) is 0 Å². The Morgan fingerprint density at radius 2 is 1.96 bits per heavy atom. The topological polar surface area (TPSA) is 67.2 Å². The summed E-state index contributed by atoms with van der Waals surface area (Å²) in [6.45, 7) is 7.88. The number of carbonyl (C=O) groups excluding carboxylic acids is 2. The predicted molar refractivity (Wildman–Crippen MR) is 94.4 cm³/mol. The molecule has 0 aromatic carbocycles. The highest BCUT2D eigenvalue weighted by atomic mass is 16.2. The molecule has 0 radical (unpaired) electrons. The quantitative estimate of drug-likeness (QED) is 0.793. The number of carbonyl (C=O) groups is 2. The average Bonchev–Trinajstić information content (AvgIpc) is 2.97. The van der Waals surface area contributed by atoms with Gasteiger partial charge in [-0.05, 0) is 38.5 Å². The molecule has 0 saturated heterocycles. The molecule has 0 saturated carbocycles. The minimum atomic E-state index is -0.210. The van der Waals surface area contributed by atoms with Crippen molar-refractivity contribution in [1.29, 1.82) is 0 Å². The van der Waals surface area contributed by atoms with Crippen molar-refractivity contribution in [2.75, 3.05) is 18.0 Å². The monoisotopic (exact) mass is 328 g/mol. The van der Waals surface area contributed by atoms with Gasteiger partial charge in [0.05, 0.1) is 0 Å². The molecule has 0 bridgehead atoms. The van der Waals surface area contributed by atoms with Crippen LogP contribution in [0, 0.1) is 0 Å². The number of hydrogen-bond acceptors (Lipinski definition) is 4. The first-order chi connectivity index (χ1) is 11.5. The number of anilines is 1. The number of amides is 1. The second-order valence-corrected chi connectivity index (χ2v) is 5.66. The summed E-state index contributed by atoms with van der Waals surface area (Å²) in [5.74, 6) is 0.669. The maximum Gasteiger partial charge on any atom is 0.268 e. The molecule has 128 valence electrons. The van der Waals surface area contributed by atoms with Crippen molar-refractivity contribution in [3.8, 4) is 0 Å². The van der Waals surface area contributed by atoms with Crippen LogP contribution in [0.3, 0.4) is 0 Å². The largest absolute Gasteiger partial charge is 0.357 e. The lowest BCUT2D eigenvalue weighted by molar-refractivity contribution is 0.0942. The number of nitrogens with zero attached hydrogens (tertiary/aromatic N) is 3. The van der Waals surface area contributed by atoms with Crippen molar-refractivity contribution in [1.82, 2.24) is 14.9 Å². The van der Waals surface area contributed by atoms with E-state index in [4.69, 9.17) is 0 Å². The third-order valence-electron chi connectivity index (χ3n) is 3.99. The number of aryl methyl sites for hydroxylation is 1. The molecule has 6 heteroatoms. The van der Waals surface area contributed by atoms with Gasteiger partial charge in [-0.25, -0.2) is 4.98 Å². The molecule has 0 aliphatic carbocycles. The molecule has 0 fully saturated rings. The maximum absolute atomic E-state index is 12.3. The lowest BCUT2D eigenvalue weighted by atomic mass is 10.2. The molecule has 0 unspecified atom stereocenters. The van der Waals surface area contributed by atoms with Gasteiger partial charge in [-0.15, -0.1) is 0 Å². The highest BCUT2D eigenvalue weighted by molar-refractivity contribution is 5.99. The first kappa shape index (κ1) is 17.7. The Morgan fingerprint density at radius 3 is 2.46 bits per heavy atom. The number of rotatable bonds is 7. The van der Waals surface area contributed by atoms with Crippen molar-refractivity contribution >= 4 is 17.5 Å². The molecule has 1 amide bonds. The lowest BCUT2D eigenvalue weighted by Gasteiger charge is -2.19. The van der Waals surface area contributed by atoms with Crippen LogP contribution >= 0.6 is 0 Å². The summed E-state index contributed by atoms with van der Waals surface area (Å²) in [4.78, 5) is 30.3. The van der Waals surface area contributed by atoms with E-state index in [0.29, 0.717) is 17.8 Å². The van der Waals surface area contributed by atoms with E-state index in [1.54, 1.807) is 30.1 Å². The molecular weight excluding hydrogens is 304 g/mol. The summed E-state index contributed by atoms with van der Waals surface area (Å²) < 4.78 is 1.66. The van der Waals surface area contributed by atoms with Crippen molar-refractivity contribution < 1.29 is 9.59 Å². The summed E-state index contributed by atoms with van der Waals surface area (Å²) in [6, 6.07) is 5.54. The maximum atomic E-state index is 12.3. The van der Waals surface area contributed by atoms with Gasteiger partial charge in [0.15, 0.2) is 5.78 Å². The molecule has 2 rings (SSSR count). The molecule has 0 spiro atoms. The molecule has 2 aromatic rings. The summed E-state index contributed by atoms with van der Waals surface area (Å²) in [6.07, 6.45) is 3.44. The molecule has 6 nitrogen and oxygen atoms in total. The Hall–Kier alpha value is -2.63. The van der Waals surface area contributed by atoms with Crippen LogP contribution < -0.4 is 10.2 Å². The first-order valence-corrected chi connectivity index (χ1v) is 8.11. The predicted octanol–water partition coefficient (Wildman–Crippen LogP) is 2.40. The summed E-state index contributed by atoms with van der Waals surface area (Å²) in [7, 11) is 1.75. The Bertz CT molecular complexity index is 715. The van der Waals surface area contributed by atoms with Crippen molar-refractivity contribution in [3.05, 3.63) is 47.4 Å². The number of ketones is 1. The van der Waals surface area contributed by atoms with Crippen LogP contribution in [-0.2, 0) is 13.6 Å². The van der Waals surface area contributed by atoms with Gasteiger partial charge in [-0.3, -0.25) is 9.59 Å². The van der Waals surface area contributed by atoms with Gasteiger partial charge in [0.1, 0.15) is 11.5 Å². The summed E-state index contributed by atoms with van der Waals surface area (Å²) in [5, 5.41) is 2.86. The zero-order valence-corrected chi connectivity index (χ0v) is 14.7. The molecule has 24 heavy (non-hydrogen) atoms. The van der Waals surface area contributed by atoms with Crippen LogP contribution in [0.1, 0.15) is 47.2 Å². The van der Waals surface area contributed by atoms with Crippen molar-refractivity contribution in [3.63, 3.8) is 0 Å². The van der Waals surface area contributed by atoms with Crippen molar-refractivity contribution in [2.45, 2.75) is 27.3 Å². The highest BCUT2D eigenvalue weighted by Crippen LogP contribution is 2.11. The third-order valence-corrected chi connectivity index (χ3v) is 3.99. The number of pyridine rings is 1. The highest BCUT2D eigenvalue weighted by Gasteiger charge is 2.13. The summed E-state index contributed by atoms with van der Waals surface area (Å²) in [5.41, 5.74) is 1.93. The Morgan fingerprint density at radius 1 is 1.25 bits per heavy atom. The van der Waals surface area contributed by atoms with Crippen LogP contribution in [0.2, 0.25) is 0 Å². The van der Waals surface area contributed by atoms with Gasteiger partial charge in [-0.2, -0.15) is 0 Å². The van der Waals surface area contributed by atoms with Crippen LogP contribution in [0.5, 0.6) is 0 Å². The second kappa shape index (κ2) is 7.77. The lowest BCUT2D eigenvalue weighted by Crippen LogP contribution is -2.25. The van der Waals surface area contributed by atoms with E-state index in [9.17, 15) is 9.59 Å². The SMILES string of the molecule is CCN(CC)c1ccc(CNC(=O)c2cc(C(C)=O)cn2C)cn1. The molecule has 2 aromatic heterocycles. The van der Waals surface area contributed by atoms with Gasteiger partial charge < -0.3 is 14.8 Å². The second-order valence-electron chi connectivity index (χ2n) is 5.66. The van der Waals surface area contributed by atoms with E-state index >= 15 is 0 Å². The van der Waals surface area contributed by atoms with Crippen molar-refractivity contribution in [2.24, 2.45) is 7.05 Å². The standard InChI is InChI=1S/C18H24N4O2/c1-5-22(6-2)17-8-7-14(10-19-17)11-20-18(24)16-9-15(13(3)23)12-21(16)4/h7-10,12H,5-6,11H2,1-4H3,(H,20,24). The zero-order chi connectivity index (χ0) is 17.7. The molecular formula is C18H24N4O2. The van der Waals surface area contributed by atoms with E-state index in [1.807, 2.05) is 12.1 Å². The number of hydrogen-bond donors (Lipinski definition) is 1. The fraction of sp³-hybridized carbons (Fsp3) is 0.389. The van der Waals surface area contributed by atoms with Crippen LogP contribution in [-0.4, -0.2) is 34.3 Å². The fourth-order valence-corrected chi connectivity index (χ4v) is 2.51. The number of Topliss-reactive ketones (excluding diaryl/α,β-unsaturated/α-hetero) is 1. The van der Waals surface area contributed by atoms with Gasteiger partial charge in [-0.1, -0.05) is 6.07 Å². The smallest absolute Gasteiger partial charge is 0.268 e. The van der Waals surface area contributed by atoms with Gasteiger partial charge >= 0.3 is 0 Å².